The van der Waals surface area contributed by atoms with Crippen molar-refractivity contribution in [1.29, 1.82) is 0 Å². The van der Waals surface area contributed by atoms with Crippen molar-refractivity contribution in [2.45, 2.75) is 5.16 Å². The Morgan fingerprint density at radius 3 is 2.48 bits per heavy atom. The second kappa shape index (κ2) is 8.71. The minimum atomic E-state index is -0.158. The summed E-state index contributed by atoms with van der Waals surface area (Å²) in [4.78, 5) is 21.6. The van der Waals surface area contributed by atoms with Crippen LogP contribution in [0.3, 0.4) is 0 Å². The first-order valence-electron chi connectivity index (χ1n) is 9.81. The average Bonchev–Trinajstić information content (AvgIpc) is 3.20. The Balaban J connectivity index is 1.63. The maximum Gasteiger partial charge on any atom is 0.274 e. The number of carbonyl (C=O) groups is 1. The third kappa shape index (κ3) is 4.16. The molecule has 6 nitrogen and oxygen atoms in total. The molecule has 1 aliphatic heterocycles. The lowest BCUT2D eigenvalue weighted by molar-refractivity contribution is -0.880. The first-order valence-corrected chi connectivity index (χ1v) is 11.0. The maximum absolute atomic E-state index is 13.2. The fourth-order valence-corrected chi connectivity index (χ4v) is 4.18. The molecule has 1 fully saturated rings. The second-order valence-electron chi connectivity index (χ2n) is 7.22. The van der Waals surface area contributed by atoms with Crippen LogP contribution in [0, 0.1) is 0 Å². The molecule has 1 amide bonds. The second-order valence-corrected chi connectivity index (χ2v) is 7.99. The standard InChI is InChI=1S/C22H25N5OS/c1-25-12-14-26(15-13-25)19-11-7-6-10-18(19)24-21(28)20-16-23-22(29-2)27(20)17-8-4-3-5-9-17/h3-11,16H,12-15H2,1-2H3,(H,24,28)/p+1. The number of quaternary nitrogens is 1. The highest BCUT2D eigenvalue weighted by atomic mass is 32.2. The van der Waals surface area contributed by atoms with Gasteiger partial charge in [-0.3, -0.25) is 9.36 Å². The molecule has 0 bridgehead atoms. The first-order chi connectivity index (χ1) is 14.2. The van der Waals surface area contributed by atoms with Crippen molar-refractivity contribution in [3.05, 3.63) is 66.5 Å². The maximum atomic E-state index is 13.2. The van der Waals surface area contributed by atoms with Crippen LogP contribution in [0.25, 0.3) is 5.69 Å². The van der Waals surface area contributed by atoms with Gasteiger partial charge in [-0.1, -0.05) is 42.1 Å². The van der Waals surface area contributed by atoms with Gasteiger partial charge in [0.2, 0.25) is 0 Å². The van der Waals surface area contributed by atoms with Crippen molar-refractivity contribution in [3.8, 4) is 5.69 Å². The van der Waals surface area contributed by atoms with Gasteiger partial charge in [-0.15, -0.1) is 0 Å². The Morgan fingerprint density at radius 1 is 1.07 bits per heavy atom. The van der Waals surface area contributed by atoms with Crippen LogP contribution in [0.4, 0.5) is 11.4 Å². The molecule has 0 unspecified atom stereocenters. The number of amides is 1. The number of benzene rings is 2. The lowest BCUT2D eigenvalue weighted by Gasteiger charge is -2.33. The van der Waals surface area contributed by atoms with Crippen LogP contribution in [0.5, 0.6) is 0 Å². The van der Waals surface area contributed by atoms with Gasteiger partial charge in [0.15, 0.2) is 5.16 Å². The summed E-state index contributed by atoms with van der Waals surface area (Å²) in [5.41, 5.74) is 3.36. The normalized spacial score (nSPS) is 14.8. The van der Waals surface area contributed by atoms with Gasteiger partial charge >= 0.3 is 0 Å². The molecule has 3 aromatic rings. The highest BCUT2D eigenvalue weighted by Crippen LogP contribution is 2.27. The average molecular weight is 409 g/mol. The van der Waals surface area contributed by atoms with Crippen molar-refractivity contribution in [1.82, 2.24) is 9.55 Å². The number of para-hydroxylation sites is 3. The third-order valence-corrected chi connectivity index (χ3v) is 5.92. The number of likely N-dealkylation sites (N-methyl/N-ethyl adjacent to an activating group) is 1. The summed E-state index contributed by atoms with van der Waals surface area (Å²) in [5, 5.41) is 3.91. The van der Waals surface area contributed by atoms with E-state index in [1.807, 2.05) is 59.4 Å². The third-order valence-electron chi connectivity index (χ3n) is 5.27. The monoisotopic (exact) mass is 408 g/mol. The van der Waals surface area contributed by atoms with Gasteiger partial charge in [0.05, 0.1) is 50.8 Å². The number of hydrogen-bond donors (Lipinski definition) is 2. The first kappa shape index (κ1) is 19.5. The van der Waals surface area contributed by atoms with Crippen LogP contribution in [-0.4, -0.2) is 54.9 Å². The summed E-state index contributed by atoms with van der Waals surface area (Å²) in [7, 11) is 2.22. The molecular formula is C22H26N5OS+. The molecule has 1 aromatic heterocycles. The smallest absolute Gasteiger partial charge is 0.274 e. The Hall–Kier alpha value is -2.77. The number of nitrogens with one attached hydrogen (secondary N) is 2. The molecule has 0 aliphatic carbocycles. The highest BCUT2D eigenvalue weighted by Gasteiger charge is 2.22. The van der Waals surface area contributed by atoms with Crippen LogP contribution in [0.1, 0.15) is 10.5 Å². The van der Waals surface area contributed by atoms with E-state index in [0.29, 0.717) is 5.69 Å². The summed E-state index contributed by atoms with van der Waals surface area (Å²) in [6.07, 6.45) is 3.62. The number of anilines is 2. The van der Waals surface area contributed by atoms with E-state index in [4.69, 9.17) is 0 Å². The van der Waals surface area contributed by atoms with Crippen LogP contribution in [0.2, 0.25) is 0 Å². The van der Waals surface area contributed by atoms with Gasteiger partial charge in [-0.25, -0.2) is 4.98 Å². The molecule has 0 atom stereocenters. The predicted octanol–water partition coefficient (Wildman–Crippen LogP) is 2.18. The highest BCUT2D eigenvalue weighted by molar-refractivity contribution is 7.98. The fraction of sp³-hybridized carbons (Fsp3) is 0.273. The van der Waals surface area contributed by atoms with Crippen molar-refractivity contribution in [3.63, 3.8) is 0 Å². The summed E-state index contributed by atoms with van der Waals surface area (Å²) in [5.74, 6) is -0.158. The van der Waals surface area contributed by atoms with Crippen molar-refractivity contribution >= 4 is 29.0 Å². The van der Waals surface area contributed by atoms with E-state index >= 15 is 0 Å². The van der Waals surface area contributed by atoms with Gasteiger partial charge in [-0.05, 0) is 30.5 Å². The van der Waals surface area contributed by atoms with E-state index in [9.17, 15) is 4.79 Å². The van der Waals surface area contributed by atoms with E-state index in [1.54, 1.807) is 11.1 Å². The number of thioether (sulfide) groups is 1. The van der Waals surface area contributed by atoms with Crippen LogP contribution >= 0.6 is 11.8 Å². The number of nitrogens with zero attached hydrogens (tertiary/aromatic N) is 3. The van der Waals surface area contributed by atoms with Crippen LogP contribution < -0.4 is 15.1 Å². The Labute approximate surface area is 175 Å². The van der Waals surface area contributed by atoms with Crippen molar-refractivity contribution < 1.29 is 9.69 Å². The minimum absolute atomic E-state index is 0.158. The Bertz CT molecular complexity index is 980. The molecule has 29 heavy (non-hydrogen) atoms. The molecular weight excluding hydrogens is 382 g/mol. The molecule has 1 saturated heterocycles. The zero-order valence-electron chi connectivity index (χ0n) is 16.8. The minimum Gasteiger partial charge on any atom is -0.359 e. The van der Waals surface area contributed by atoms with E-state index in [-0.39, 0.29) is 5.91 Å². The Morgan fingerprint density at radius 2 is 1.76 bits per heavy atom. The number of carbonyl (C=O) groups excluding carboxylic acids is 1. The van der Waals surface area contributed by atoms with Crippen LogP contribution in [0.15, 0.2) is 66.0 Å². The van der Waals surface area contributed by atoms with Crippen molar-refractivity contribution in [2.24, 2.45) is 0 Å². The zero-order chi connectivity index (χ0) is 20.2. The SMILES string of the molecule is CSc1ncc(C(=O)Nc2ccccc2N2CC[NH+](C)CC2)n1-c1ccccc1. The molecule has 7 heteroatoms. The van der Waals surface area contributed by atoms with Crippen LogP contribution in [-0.2, 0) is 0 Å². The summed E-state index contributed by atoms with van der Waals surface area (Å²) < 4.78 is 1.90. The number of aromatic nitrogens is 2. The van der Waals surface area contributed by atoms with Gasteiger partial charge in [0, 0.05) is 5.69 Å². The molecule has 1 aliphatic rings. The lowest BCUT2D eigenvalue weighted by atomic mass is 10.2. The number of rotatable bonds is 5. The molecule has 0 saturated carbocycles. The molecule has 2 aromatic carbocycles. The fourth-order valence-electron chi connectivity index (χ4n) is 3.64. The molecule has 150 valence electrons. The molecule has 0 radical (unpaired) electrons. The lowest BCUT2D eigenvalue weighted by Crippen LogP contribution is -3.12. The van der Waals surface area contributed by atoms with Gasteiger partial charge in [-0.2, -0.15) is 0 Å². The van der Waals surface area contributed by atoms with E-state index in [0.717, 1.165) is 48.4 Å². The molecule has 0 spiro atoms. The number of imidazole rings is 1. The van der Waals surface area contributed by atoms with E-state index in [2.05, 4.69) is 28.3 Å². The quantitative estimate of drug-likeness (QED) is 0.636. The number of hydrogen-bond acceptors (Lipinski definition) is 4. The number of piperazine rings is 1. The molecule has 2 heterocycles. The van der Waals surface area contributed by atoms with Gasteiger partial charge in [0.1, 0.15) is 5.69 Å². The van der Waals surface area contributed by atoms with Gasteiger partial charge < -0.3 is 15.1 Å². The summed E-state index contributed by atoms with van der Waals surface area (Å²) in [6.45, 7) is 4.16. The van der Waals surface area contributed by atoms with E-state index < -0.39 is 0 Å². The Kier molecular flexibility index (Phi) is 5.87. The largest absolute Gasteiger partial charge is 0.359 e. The molecule has 2 N–H and O–H groups in total. The molecule has 4 rings (SSSR count). The van der Waals surface area contributed by atoms with E-state index in [1.165, 1.54) is 11.8 Å². The zero-order valence-corrected chi connectivity index (χ0v) is 17.6. The topological polar surface area (TPSA) is 54.6 Å². The summed E-state index contributed by atoms with van der Waals surface area (Å²) >= 11 is 1.52. The predicted molar refractivity (Wildman–Crippen MR) is 119 cm³/mol. The van der Waals surface area contributed by atoms with Crippen molar-refractivity contribution in [2.75, 3.05) is 49.7 Å². The van der Waals surface area contributed by atoms with Gasteiger partial charge in [0.25, 0.3) is 5.91 Å². The summed E-state index contributed by atoms with van der Waals surface area (Å²) in [6, 6.07) is 17.9.